The van der Waals surface area contributed by atoms with E-state index >= 15 is 0 Å². The molecule has 21 heavy (non-hydrogen) atoms. The molecule has 2 aliphatic rings. The van der Waals surface area contributed by atoms with Gasteiger partial charge in [0.1, 0.15) is 0 Å². The Bertz CT molecular complexity index is 501. The molecule has 0 aromatic carbocycles. The lowest BCUT2D eigenvalue weighted by Crippen LogP contribution is -2.47. The number of rotatable bonds is 4. The summed E-state index contributed by atoms with van der Waals surface area (Å²) in [6, 6.07) is 0.986. The van der Waals surface area contributed by atoms with Crippen molar-refractivity contribution in [3.05, 3.63) is 16.1 Å². The van der Waals surface area contributed by atoms with E-state index in [9.17, 15) is 4.79 Å². The number of thiazole rings is 1. The molecule has 0 N–H and O–H groups in total. The third kappa shape index (κ3) is 3.14. The Labute approximate surface area is 131 Å². The van der Waals surface area contributed by atoms with Crippen molar-refractivity contribution in [3.8, 4) is 0 Å². The van der Waals surface area contributed by atoms with Crippen molar-refractivity contribution >= 4 is 17.2 Å². The van der Waals surface area contributed by atoms with Gasteiger partial charge in [-0.1, -0.05) is 6.92 Å². The van der Waals surface area contributed by atoms with Gasteiger partial charge in [0.2, 0.25) is 5.91 Å². The van der Waals surface area contributed by atoms with Crippen molar-refractivity contribution in [2.45, 2.75) is 64.6 Å². The van der Waals surface area contributed by atoms with Crippen molar-refractivity contribution in [3.63, 3.8) is 0 Å². The summed E-state index contributed by atoms with van der Waals surface area (Å²) in [4.78, 5) is 22.6. The molecule has 1 amide bonds. The molecule has 116 valence electrons. The quantitative estimate of drug-likeness (QED) is 0.858. The highest BCUT2D eigenvalue weighted by Crippen LogP contribution is 2.32. The van der Waals surface area contributed by atoms with Gasteiger partial charge in [-0.2, -0.15) is 0 Å². The summed E-state index contributed by atoms with van der Waals surface area (Å²) in [5, 5.41) is 1.14. The van der Waals surface area contributed by atoms with Crippen molar-refractivity contribution in [2.75, 3.05) is 13.1 Å². The fourth-order valence-electron chi connectivity index (χ4n) is 3.87. The summed E-state index contributed by atoms with van der Waals surface area (Å²) < 4.78 is 0. The number of amides is 1. The predicted octanol–water partition coefficient (Wildman–Crippen LogP) is 2.82. The van der Waals surface area contributed by atoms with E-state index in [1.807, 2.05) is 13.1 Å². The summed E-state index contributed by atoms with van der Waals surface area (Å²) in [5.74, 6) is 0.331. The minimum Gasteiger partial charge on any atom is -0.338 e. The highest BCUT2D eigenvalue weighted by molar-refractivity contribution is 7.11. The van der Waals surface area contributed by atoms with Gasteiger partial charge in [0, 0.05) is 42.7 Å². The van der Waals surface area contributed by atoms with Gasteiger partial charge in [-0.3, -0.25) is 9.69 Å². The monoisotopic (exact) mass is 307 g/mol. The highest BCUT2D eigenvalue weighted by Gasteiger charge is 2.39. The number of aromatic nitrogens is 1. The molecule has 3 heterocycles. The lowest BCUT2D eigenvalue weighted by Gasteiger charge is -2.34. The number of hydrogen-bond donors (Lipinski definition) is 0. The summed E-state index contributed by atoms with van der Waals surface area (Å²) >= 11 is 1.80. The van der Waals surface area contributed by atoms with Crippen molar-refractivity contribution in [1.29, 1.82) is 0 Å². The standard InChI is InChI=1S/C16H25N3OS/c1-3-16(20)19-9-5-7-15(19)14-6-4-8-18(14)11-13-10-17-12(2)21-13/h10,14-15H,3-9,11H2,1-2H3. The molecule has 2 aliphatic heterocycles. The summed E-state index contributed by atoms with van der Waals surface area (Å²) in [6.07, 6.45) is 7.48. The van der Waals surface area contributed by atoms with Gasteiger partial charge in [0.05, 0.1) is 5.01 Å². The predicted molar refractivity (Wildman–Crippen MR) is 85.3 cm³/mol. The fourth-order valence-corrected chi connectivity index (χ4v) is 4.69. The number of hydrogen-bond acceptors (Lipinski definition) is 4. The average molecular weight is 307 g/mol. The zero-order valence-corrected chi connectivity index (χ0v) is 13.9. The molecule has 5 heteroatoms. The van der Waals surface area contributed by atoms with Gasteiger partial charge in [0.15, 0.2) is 0 Å². The topological polar surface area (TPSA) is 36.4 Å². The molecule has 1 aromatic rings. The Morgan fingerprint density at radius 3 is 2.81 bits per heavy atom. The number of carbonyl (C=O) groups excluding carboxylic acids is 1. The Kier molecular flexibility index (Phi) is 4.60. The van der Waals surface area contributed by atoms with Crippen LogP contribution in [0.3, 0.4) is 0 Å². The first-order valence-electron chi connectivity index (χ1n) is 8.14. The van der Waals surface area contributed by atoms with Crippen LogP contribution >= 0.6 is 11.3 Å². The first-order valence-corrected chi connectivity index (χ1v) is 8.95. The molecule has 0 saturated carbocycles. The number of likely N-dealkylation sites (tertiary alicyclic amines) is 2. The van der Waals surface area contributed by atoms with E-state index in [1.165, 1.54) is 30.6 Å². The number of carbonyl (C=O) groups is 1. The first-order chi connectivity index (χ1) is 10.2. The van der Waals surface area contributed by atoms with Crippen molar-refractivity contribution in [2.24, 2.45) is 0 Å². The van der Waals surface area contributed by atoms with Crippen LogP contribution in [0.25, 0.3) is 0 Å². The molecule has 0 aliphatic carbocycles. The molecule has 2 atom stereocenters. The van der Waals surface area contributed by atoms with E-state index in [2.05, 4.69) is 21.7 Å². The molecule has 0 radical (unpaired) electrons. The smallest absolute Gasteiger partial charge is 0.222 e. The van der Waals surface area contributed by atoms with Crippen LogP contribution in [0.15, 0.2) is 6.20 Å². The Morgan fingerprint density at radius 1 is 1.33 bits per heavy atom. The maximum atomic E-state index is 12.1. The van der Waals surface area contributed by atoms with Gasteiger partial charge in [0.25, 0.3) is 0 Å². The third-order valence-corrected chi connectivity index (χ3v) is 5.71. The van der Waals surface area contributed by atoms with E-state index in [1.54, 1.807) is 11.3 Å². The molecule has 0 bridgehead atoms. The molecule has 4 nitrogen and oxygen atoms in total. The SMILES string of the molecule is CCC(=O)N1CCCC1C1CCCN1Cc1cnc(C)s1. The van der Waals surface area contributed by atoms with E-state index in [4.69, 9.17) is 0 Å². The van der Waals surface area contributed by atoms with Gasteiger partial charge in [-0.25, -0.2) is 4.98 Å². The summed E-state index contributed by atoms with van der Waals surface area (Å²) in [6.45, 7) is 7.16. The molecular weight excluding hydrogens is 282 g/mol. The maximum Gasteiger partial charge on any atom is 0.222 e. The third-order valence-electron chi connectivity index (χ3n) is 4.81. The largest absolute Gasteiger partial charge is 0.338 e. The van der Waals surface area contributed by atoms with E-state index in [-0.39, 0.29) is 0 Å². The van der Waals surface area contributed by atoms with Crippen LogP contribution in [0.4, 0.5) is 0 Å². The van der Waals surface area contributed by atoms with Crippen LogP contribution in [-0.2, 0) is 11.3 Å². The second kappa shape index (κ2) is 6.44. The Hall–Kier alpha value is -0.940. The normalized spacial score (nSPS) is 26.7. The Balaban J connectivity index is 1.69. The van der Waals surface area contributed by atoms with Crippen LogP contribution in [0.1, 0.15) is 48.9 Å². The molecule has 0 spiro atoms. The first kappa shape index (κ1) is 15.0. The molecule has 2 saturated heterocycles. The van der Waals surface area contributed by atoms with Crippen LogP contribution in [0, 0.1) is 6.92 Å². The van der Waals surface area contributed by atoms with Gasteiger partial charge in [-0.05, 0) is 39.2 Å². The summed E-state index contributed by atoms with van der Waals surface area (Å²) in [7, 11) is 0. The Morgan fingerprint density at radius 2 is 2.10 bits per heavy atom. The lowest BCUT2D eigenvalue weighted by molar-refractivity contribution is -0.132. The fraction of sp³-hybridized carbons (Fsp3) is 0.750. The molecule has 2 fully saturated rings. The van der Waals surface area contributed by atoms with Crippen LogP contribution in [-0.4, -0.2) is 45.9 Å². The molecule has 3 rings (SSSR count). The minimum absolute atomic E-state index is 0.331. The van der Waals surface area contributed by atoms with Gasteiger partial charge < -0.3 is 4.90 Å². The highest BCUT2D eigenvalue weighted by atomic mass is 32.1. The van der Waals surface area contributed by atoms with Crippen LogP contribution in [0.2, 0.25) is 0 Å². The van der Waals surface area contributed by atoms with Gasteiger partial charge in [-0.15, -0.1) is 11.3 Å². The average Bonchev–Trinajstić information content (AvgIpc) is 3.18. The minimum atomic E-state index is 0.331. The van der Waals surface area contributed by atoms with E-state index in [0.29, 0.717) is 24.4 Å². The van der Waals surface area contributed by atoms with Gasteiger partial charge >= 0.3 is 0 Å². The number of nitrogens with zero attached hydrogens (tertiary/aromatic N) is 3. The van der Waals surface area contributed by atoms with E-state index < -0.39 is 0 Å². The van der Waals surface area contributed by atoms with E-state index in [0.717, 1.165) is 24.6 Å². The second-order valence-corrected chi connectivity index (χ2v) is 7.50. The van der Waals surface area contributed by atoms with Crippen molar-refractivity contribution in [1.82, 2.24) is 14.8 Å². The van der Waals surface area contributed by atoms with Crippen LogP contribution in [0.5, 0.6) is 0 Å². The lowest BCUT2D eigenvalue weighted by atomic mass is 10.0. The zero-order valence-electron chi connectivity index (χ0n) is 13.0. The number of aryl methyl sites for hydroxylation is 1. The molecular formula is C16H25N3OS. The maximum absolute atomic E-state index is 12.1. The van der Waals surface area contributed by atoms with Crippen molar-refractivity contribution < 1.29 is 4.79 Å². The summed E-state index contributed by atoms with van der Waals surface area (Å²) in [5.41, 5.74) is 0. The molecule has 2 unspecified atom stereocenters. The second-order valence-electron chi connectivity index (χ2n) is 6.18. The molecule has 1 aromatic heterocycles. The van der Waals surface area contributed by atoms with Crippen LogP contribution < -0.4 is 0 Å². The zero-order chi connectivity index (χ0) is 14.8.